The van der Waals surface area contributed by atoms with E-state index in [9.17, 15) is 0 Å². The second-order valence-electron chi connectivity index (χ2n) is 1.30. The van der Waals surface area contributed by atoms with Crippen LogP contribution < -0.4 is 0 Å². The van der Waals surface area contributed by atoms with Crippen molar-refractivity contribution in [2.24, 2.45) is 10.2 Å². The normalized spacial score (nSPS) is 14.2. The summed E-state index contributed by atoms with van der Waals surface area (Å²) in [6.45, 7) is 0. The first kappa shape index (κ1) is 8.11. The quantitative estimate of drug-likeness (QED) is 0.497. The molecule has 0 N–H and O–H groups in total. The van der Waals surface area contributed by atoms with Crippen LogP contribution >= 0.6 is 12.4 Å². The van der Waals surface area contributed by atoms with Crippen LogP contribution in [-0.2, 0) is 0 Å². The van der Waals surface area contributed by atoms with Gasteiger partial charge in [0.15, 0.2) is 0 Å². The Hall–Kier alpha value is -0.890. The maximum Gasteiger partial charge on any atom is 0.0495 e. The average Bonchev–Trinajstić information content (AvgIpc) is 1.62. The lowest BCUT2D eigenvalue weighted by Gasteiger charge is -1.76. The van der Waals surface area contributed by atoms with E-state index < -0.39 is 0 Å². The highest BCUT2D eigenvalue weighted by molar-refractivity contribution is 5.85. The van der Waals surface area contributed by atoms with E-state index in [2.05, 4.69) is 10.2 Å². The lowest BCUT2D eigenvalue weighted by atomic mass is 10.4. The Labute approximate surface area is 60.1 Å². The number of allylic oxidation sites excluding steroid dienone is 4. The molecule has 1 heterocycles. The van der Waals surface area contributed by atoms with E-state index in [0.717, 1.165) is 0 Å². The Bertz CT molecular complexity index is 112. The summed E-state index contributed by atoms with van der Waals surface area (Å²) in [4.78, 5) is 0. The molecular weight excluding hydrogens is 136 g/mol. The van der Waals surface area contributed by atoms with Gasteiger partial charge >= 0.3 is 0 Å². The molecule has 0 aromatic rings. The van der Waals surface area contributed by atoms with Crippen molar-refractivity contribution in [2.45, 2.75) is 0 Å². The molecule has 0 aromatic heterocycles. The summed E-state index contributed by atoms with van der Waals surface area (Å²) < 4.78 is 0. The van der Waals surface area contributed by atoms with Crippen LogP contribution in [0.25, 0.3) is 0 Å². The molecule has 0 atom stereocenters. The van der Waals surface area contributed by atoms with Crippen molar-refractivity contribution >= 4 is 12.4 Å². The smallest absolute Gasteiger partial charge is 0.0495 e. The van der Waals surface area contributed by atoms with E-state index in [-0.39, 0.29) is 12.4 Å². The van der Waals surface area contributed by atoms with Crippen LogP contribution in [0.4, 0.5) is 0 Å². The van der Waals surface area contributed by atoms with E-state index in [1.54, 1.807) is 12.4 Å². The molecule has 0 fully saturated rings. The number of rotatable bonds is 0. The number of azo groups is 1. The van der Waals surface area contributed by atoms with Gasteiger partial charge in [0.2, 0.25) is 0 Å². The Kier molecular flexibility index (Phi) is 4.73. The van der Waals surface area contributed by atoms with Gasteiger partial charge in [0.05, 0.1) is 0 Å². The molecule has 1 aliphatic rings. The molecule has 0 bridgehead atoms. The van der Waals surface area contributed by atoms with Gasteiger partial charge in [0.25, 0.3) is 0 Å². The van der Waals surface area contributed by atoms with Crippen molar-refractivity contribution < 1.29 is 0 Å². The second kappa shape index (κ2) is 5.25. The zero-order chi connectivity index (χ0) is 5.66. The molecule has 2 nitrogen and oxygen atoms in total. The summed E-state index contributed by atoms with van der Waals surface area (Å²) in [6, 6.07) is 0. The highest BCUT2D eigenvalue weighted by Gasteiger charge is 1.66. The topological polar surface area (TPSA) is 24.7 Å². The van der Waals surface area contributed by atoms with E-state index in [0.29, 0.717) is 0 Å². The molecule has 3 heteroatoms. The average molecular weight is 143 g/mol. The standard InChI is InChI=1S/C6H6N2.ClH/c1-2-4-6-8-7-5-3-1;/h1-6H;1H. The summed E-state index contributed by atoms with van der Waals surface area (Å²) >= 11 is 0. The van der Waals surface area contributed by atoms with Crippen molar-refractivity contribution in [3.05, 3.63) is 36.7 Å². The van der Waals surface area contributed by atoms with Crippen LogP contribution in [0.1, 0.15) is 0 Å². The summed E-state index contributed by atoms with van der Waals surface area (Å²) in [5.74, 6) is 0. The molecule has 0 aliphatic carbocycles. The van der Waals surface area contributed by atoms with Crippen molar-refractivity contribution in [1.29, 1.82) is 0 Å². The van der Waals surface area contributed by atoms with E-state index in [4.69, 9.17) is 0 Å². The molecule has 0 amide bonds. The van der Waals surface area contributed by atoms with Crippen molar-refractivity contribution in [3.63, 3.8) is 0 Å². The molecule has 9 heavy (non-hydrogen) atoms. The highest BCUT2D eigenvalue weighted by atomic mass is 35.5. The fourth-order valence-corrected chi connectivity index (χ4v) is 0.382. The van der Waals surface area contributed by atoms with Crippen LogP contribution in [0.15, 0.2) is 46.9 Å². The van der Waals surface area contributed by atoms with Gasteiger partial charge in [-0.3, -0.25) is 0 Å². The summed E-state index contributed by atoms with van der Waals surface area (Å²) in [5, 5.41) is 7.27. The third kappa shape index (κ3) is 3.67. The minimum absolute atomic E-state index is 0. The predicted octanol–water partition coefficient (Wildman–Crippen LogP) is 2.46. The predicted molar refractivity (Wildman–Crippen MR) is 39.5 cm³/mol. The van der Waals surface area contributed by atoms with E-state index >= 15 is 0 Å². The first-order valence-corrected chi connectivity index (χ1v) is 2.38. The molecule has 0 unspecified atom stereocenters. The Morgan fingerprint density at radius 3 is 1.56 bits per heavy atom. The maximum absolute atomic E-state index is 3.64. The molecule has 48 valence electrons. The van der Waals surface area contributed by atoms with Gasteiger partial charge in [-0.15, -0.1) is 12.4 Å². The van der Waals surface area contributed by atoms with Gasteiger partial charge in [0.1, 0.15) is 0 Å². The maximum atomic E-state index is 3.64. The van der Waals surface area contributed by atoms with Gasteiger partial charge < -0.3 is 0 Å². The minimum atomic E-state index is 0. The summed E-state index contributed by atoms with van der Waals surface area (Å²) in [6.07, 6.45) is 10.7. The molecule has 0 saturated carbocycles. The first-order chi connectivity index (χ1) is 4.00. The number of nitrogens with zero attached hydrogens (tertiary/aromatic N) is 2. The Morgan fingerprint density at radius 1 is 0.667 bits per heavy atom. The van der Waals surface area contributed by atoms with Crippen LogP contribution in [0, 0.1) is 0 Å². The summed E-state index contributed by atoms with van der Waals surface area (Å²) in [5.41, 5.74) is 0. The van der Waals surface area contributed by atoms with Gasteiger partial charge in [-0.2, -0.15) is 10.2 Å². The zero-order valence-corrected chi connectivity index (χ0v) is 5.58. The van der Waals surface area contributed by atoms with Crippen LogP contribution in [0.5, 0.6) is 0 Å². The first-order valence-electron chi connectivity index (χ1n) is 2.38. The fraction of sp³-hybridized carbons (Fsp3) is 0. The number of halogens is 1. The number of hydrogen-bond donors (Lipinski definition) is 0. The lowest BCUT2D eigenvalue weighted by molar-refractivity contribution is 1.22. The van der Waals surface area contributed by atoms with Gasteiger partial charge in [-0.05, 0) is 12.2 Å². The Balaban J connectivity index is 0.000000640. The van der Waals surface area contributed by atoms with Gasteiger partial charge in [-0.1, -0.05) is 12.2 Å². The molecule has 1 rings (SSSR count). The zero-order valence-electron chi connectivity index (χ0n) is 4.77. The minimum Gasteiger partial charge on any atom is -0.159 e. The highest BCUT2D eigenvalue weighted by Crippen LogP contribution is 1.87. The monoisotopic (exact) mass is 142 g/mol. The van der Waals surface area contributed by atoms with Crippen LogP contribution in [0.3, 0.4) is 0 Å². The van der Waals surface area contributed by atoms with E-state index in [1.807, 2.05) is 24.3 Å². The summed E-state index contributed by atoms with van der Waals surface area (Å²) in [7, 11) is 0. The molecule has 0 aromatic carbocycles. The van der Waals surface area contributed by atoms with Gasteiger partial charge in [0, 0.05) is 12.4 Å². The van der Waals surface area contributed by atoms with Crippen LogP contribution in [-0.4, -0.2) is 0 Å². The Morgan fingerprint density at radius 2 is 1.11 bits per heavy atom. The van der Waals surface area contributed by atoms with Crippen molar-refractivity contribution in [1.82, 2.24) is 0 Å². The molecular formula is C6H7ClN2. The van der Waals surface area contributed by atoms with Gasteiger partial charge in [-0.25, -0.2) is 0 Å². The lowest BCUT2D eigenvalue weighted by Crippen LogP contribution is -1.54. The van der Waals surface area contributed by atoms with Crippen LogP contribution in [0.2, 0.25) is 0 Å². The third-order valence-electron chi connectivity index (χ3n) is 0.705. The van der Waals surface area contributed by atoms with Crippen molar-refractivity contribution in [2.75, 3.05) is 0 Å². The second-order valence-corrected chi connectivity index (χ2v) is 1.30. The van der Waals surface area contributed by atoms with E-state index in [1.165, 1.54) is 0 Å². The SMILES string of the molecule is C1=CC=CN=NC=C1.Cl. The third-order valence-corrected chi connectivity index (χ3v) is 0.705. The number of hydrogen-bond acceptors (Lipinski definition) is 2. The van der Waals surface area contributed by atoms with Crippen molar-refractivity contribution in [3.8, 4) is 0 Å². The molecule has 0 spiro atoms. The molecule has 0 saturated heterocycles. The fourth-order valence-electron chi connectivity index (χ4n) is 0.382. The molecule has 0 radical (unpaired) electrons. The molecule has 1 aliphatic heterocycles. The largest absolute Gasteiger partial charge is 0.159 e.